The van der Waals surface area contributed by atoms with E-state index in [1.807, 2.05) is 0 Å². The Morgan fingerprint density at radius 2 is 1.93 bits per heavy atom. The van der Waals surface area contributed by atoms with E-state index in [1.165, 1.54) is 24.5 Å². The topological polar surface area (TPSA) is 89.0 Å². The highest BCUT2D eigenvalue weighted by Gasteiger charge is 2.36. The Morgan fingerprint density at radius 3 is 2.65 bits per heavy atom. The van der Waals surface area contributed by atoms with E-state index in [4.69, 9.17) is 7.16 Å². The molecule has 0 radical (unpaired) electrons. The van der Waals surface area contributed by atoms with Crippen molar-refractivity contribution >= 4 is 11.1 Å². The molecule has 2 aromatic heterocycles. The molecule has 2 heterocycles. The fourth-order valence-electron chi connectivity index (χ4n) is 5.02. The van der Waals surface area contributed by atoms with E-state index in [0.29, 0.717) is 53.4 Å². The minimum Gasteiger partial charge on any atom is -0.435 e. The normalized spacial score (nSPS) is 18.8. The number of aromatic nitrogens is 4. The van der Waals surface area contributed by atoms with E-state index in [-0.39, 0.29) is 17.0 Å². The lowest BCUT2D eigenvalue weighted by Crippen LogP contribution is -2.35. The number of aliphatic hydroxyl groups excluding tert-OH is 1. The summed E-state index contributed by atoms with van der Waals surface area (Å²) in [6.07, 6.45) is -2.47. The molecule has 6 rings (SSSR count). The first kappa shape index (κ1) is 23.8. The Morgan fingerprint density at radius 1 is 1.10 bits per heavy atom. The van der Waals surface area contributed by atoms with Gasteiger partial charge >= 0.3 is 6.18 Å². The molecule has 0 aliphatic heterocycles. The van der Waals surface area contributed by atoms with Crippen LogP contribution in [0.3, 0.4) is 0 Å². The molecule has 5 aromatic rings. The molecule has 0 spiro atoms. The number of hydrogen-bond donors (Lipinski definition) is 2. The number of fused-ring (bicyclic) bond motifs is 1. The van der Waals surface area contributed by atoms with Gasteiger partial charge in [0.15, 0.2) is 11.4 Å². The first-order valence-electron chi connectivity index (χ1n) is 13.6. The predicted molar refractivity (Wildman–Crippen MR) is 140 cm³/mol. The molecule has 0 unspecified atom stereocenters. The molecule has 0 bridgehead atoms. The Balaban J connectivity index is 1.43. The summed E-state index contributed by atoms with van der Waals surface area (Å²) in [7, 11) is 1.72. The Labute approximate surface area is 229 Å². The first-order chi connectivity index (χ1) is 19.9. The van der Waals surface area contributed by atoms with Gasteiger partial charge in [-0.25, -0.2) is 9.37 Å². The molecule has 3 aromatic carbocycles. The summed E-state index contributed by atoms with van der Waals surface area (Å²) in [6.45, 7) is -2.37. The lowest BCUT2D eigenvalue weighted by atomic mass is 9.97. The molecule has 11 heteroatoms. The highest BCUT2D eigenvalue weighted by molar-refractivity contribution is 5.84. The molecule has 0 saturated heterocycles. The van der Waals surface area contributed by atoms with E-state index >= 15 is 0 Å². The van der Waals surface area contributed by atoms with Gasteiger partial charge in [0.05, 0.1) is 6.10 Å². The summed E-state index contributed by atoms with van der Waals surface area (Å²) in [6, 6.07) is 12.3. The molecule has 1 aliphatic rings. The standard InChI is InChI=1S/C29H25F4N5O2/c1-38-15-35-37-27(38)21-13-19(30)8-9-20(21)17-4-2-5-18(12-17)28-36-24-11-16(14-34-23-6-3-7-25(23)39)10-22(26(24)40-28)29(31,32)33/h2,4-5,8-13,15,23,25,34,39H,3,6-7,14H2,1H3/t23-,25+/m1/s1/i14D2. The van der Waals surface area contributed by atoms with Gasteiger partial charge in [-0.1, -0.05) is 18.2 Å². The van der Waals surface area contributed by atoms with E-state index in [9.17, 15) is 22.7 Å². The third kappa shape index (κ3) is 4.98. The predicted octanol–water partition coefficient (Wildman–Crippen LogP) is 6.12. The lowest BCUT2D eigenvalue weighted by Gasteiger charge is -2.17. The summed E-state index contributed by atoms with van der Waals surface area (Å²) in [5.41, 5.74) is -0.0838. The molecule has 0 amide bonds. The second-order valence-corrected chi connectivity index (χ2v) is 9.80. The van der Waals surface area contributed by atoms with Crippen LogP contribution in [0.1, 0.15) is 33.1 Å². The van der Waals surface area contributed by atoms with Crippen molar-refractivity contribution in [3.05, 3.63) is 77.9 Å². The van der Waals surface area contributed by atoms with Crippen molar-refractivity contribution in [2.24, 2.45) is 7.05 Å². The molecule has 2 N–H and O–H groups in total. The molecule has 40 heavy (non-hydrogen) atoms. The van der Waals surface area contributed by atoms with Gasteiger partial charge in [-0.05, 0) is 72.4 Å². The van der Waals surface area contributed by atoms with Crippen molar-refractivity contribution in [3.8, 4) is 34.0 Å². The fraction of sp³-hybridized carbons (Fsp3) is 0.276. The van der Waals surface area contributed by atoms with Gasteiger partial charge < -0.3 is 19.4 Å². The average molecular weight is 554 g/mol. The number of aliphatic hydroxyl groups is 1. The summed E-state index contributed by atoms with van der Waals surface area (Å²) in [5.74, 6) is -0.150. The van der Waals surface area contributed by atoms with Gasteiger partial charge in [0.2, 0.25) is 5.89 Å². The van der Waals surface area contributed by atoms with Gasteiger partial charge in [-0.2, -0.15) is 13.2 Å². The van der Waals surface area contributed by atoms with E-state index in [2.05, 4.69) is 20.5 Å². The van der Waals surface area contributed by atoms with Crippen LogP contribution >= 0.6 is 0 Å². The van der Waals surface area contributed by atoms with Gasteiger partial charge in [-0.3, -0.25) is 0 Å². The molecular formula is C29H25F4N5O2. The van der Waals surface area contributed by atoms with Crippen LogP contribution in [0, 0.1) is 5.82 Å². The number of hydrogen-bond acceptors (Lipinski definition) is 6. The number of oxazole rings is 1. The van der Waals surface area contributed by atoms with Crippen LogP contribution in [0.15, 0.2) is 65.3 Å². The third-order valence-electron chi connectivity index (χ3n) is 7.03. The van der Waals surface area contributed by atoms with Crippen LogP contribution in [0.2, 0.25) is 0 Å². The number of halogens is 4. The molecule has 1 aliphatic carbocycles. The van der Waals surface area contributed by atoms with Crippen LogP contribution in [-0.4, -0.2) is 37.0 Å². The zero-order valence-electron chi connectivity index (χ0n) is 23.2. The largest absolute Gasteiger partial charge is 0.435 e. The second kappa shape index (κ2) is 10.1. The Bertz CT molecular complexity index is 1790. The zero-order valence-corrected chi connectivity index (χ0v) is 21.2. The Hall–Kier alpha value is -4.09. The van der Waals surface area contributed by atoms with Gasteiger partial charge in [-0.15, -0.1) is 10.2 Å². The molecule has 1 fully saturated rings. The van der Waals surface area contributed by atoms with Gasteiger partial charge in [0.25, 0.3) is 0 Å². The zero-order chi connectivity index (χ0) is 29.8. The first-order valence-corrected chi connectivity index (χ1v) is 12.6. The minimum absolute atomic E-state index is 0.100. The summed E-state index contributed by atoms with van der Waals surface area (Å²) in [4.78, 5) is 4.32. The van der Waals surface area contributed by atoms with Crippen molar-refractivity contribution in [2.45, 2.75) is 44.1 Å². The molecule has 206 valence electrons. The minimum atomic E-state index is -4.85. The molecule has 1 saturated carbocycles. The van der Waals surface area contributed by atoms with E-state index in [0.717, 1.165) is 0 Å². The highest BCUT2D eigenvalue weighted by Crippen LogP contribution is 2.39. The van der Waals surface area contributed by atoms with Crippen LogP contribution in [0.25, 0.3) is 45.1 Å². The number of benzene rings is 3. The average Bonchev–Trinajstić information content (AvgIpc) is 3.67. The number of alkyl halides is 3. The van der Waals surface area contributed by atoms with Crippen molar-refractivity contribution in [1.29, 1.82) is 0 Å². The summed E-state index contributed by atoms with van der Waals surface area (Å²) in [5, 5.41) is 20.7. The maximum atomic E-state index is 14.2. The maximum absolute atomic E-state index is 14.2. The smallest absolute Gasteiger partial charge is 0.420 e. The van der Waals surface area contributed by atoms with Crippen molar-refractivity contribution < 1.29 is 29.8 Å². The molecule has 2 atom stereocenters. The molecule has 7 nitrogen and oxygen atoms in total. The number of nitrogens with one attached hydrogen (secondary N) is 1. The van der Waals surface area contributed by atoms with Crippen molar-refractivity contribution in [1.82, 2.24) is 25.1 Å². The van der Waals surface area contributed by atoms with E-state index < -0.39 is 41.8 Å². The SMILES string of the molecule is [2H]C([2H])(N[C@@H]1CCC[C@@H]1O)c1cc(C(F)(F)F)c2oc(-c3cccc(-c4ccc(F)cc4-c4nncn4C)c3)nc2c1. The maximum Gasteiger partial charge on any atom is 0.420 e. The number of aryl methyl sites for hydroxylation is 1. The van der Waals surface area contributed by atoms with Gasteiger partial charge in [0, 0.05) is 33.5 Å². The number of rotatable bonds is 6. The van der Waals surface area contributed by atoms with Crippen LogP contribution in [0.5, 0.6) is 0 Å². The van der Waals surface area contributed by atoms with Gasteiger partial charge in [0.1, 0.15) is 23.2 Å². The number of nitrogens with zero attached hydrogens (tertiary/aromatic N) is 4. The second-order valence-electron chi connectivity index (χ2n) is 9.80. The molecular weight excluding hydrogens is 526 g/mol. The summed E-state index contributed by atoms with van der Waals surface area (Å²) < 4.78 is 81.0. The fourth-order valence-corrected chi connectivity index (χ4v) is 5.02. The summed E-state index contributed by atoms with van der Waals surface area (Å²) >= 11 is 0. The Kier molecular flexibility index (Phi) is 6.03. The quantitative estimate of drug-likeness (QED) is 0.247. The third-order valence-corrected chi connectivity index (χ3v) is 7.03. The highest BCUT2D eigenvalue weighted by atomic mass is 19.4. The van der Waals surface area contributed by atoms with Crippen molar-refractivity contribution in [2.75, 3.05) is 0 Å². The van der Waals surface area contributed by atoms with Crippen LogP contribution in [0.4, 0.5) is 17.6 Å². The monoisotopic (exact) mass is 553 g/mol. The van der Waals surface area contributed by atoms with Crippen LogP contribution in [-0.2, 0) is 19.7 Å². The van der Waals surface area contributed by atoms with E-state index in [1.54, 1.807) is 41.9 Å². The van der Waals surface area contributed by atoms with Crippen molar-refractivity contribution in [3.63, 3.8) is 0 Å². The lowest BCUT2D eigenvalue weighted by molar-refractivity contribution is -0.136. The van der Waals surface area contributed by atoms with Crippen LogP contribution < -0.4 is 5.32 Å².